The Bertz CT molecular complexity index is 895. The summed E-state index contributed by atoms with van der Waals surface area (Å²) in [6, 6.07) is 8.29. The molecule has 0 aliphatic carbocycles. The van der Waals surface area contributed by atoms with Gasteiger partial charge in [0, 0.05) is 48.9 Å². The summed E-state index contributed by atoms with van der Waals surface area (Å²) in [7, 11) is 2.08. The lowest BCUT2D eigenvalue weighted by atomic mass is 10.00. The second-order valence-corrected chi connectivity index (χ2v) is 7.51. The van der Waals surface area contributed by atoms with Crippen molar-refractivity contribution in [2.24, 2.45) is 4.99 Å². The molecule has 1 fully saturated rings. The molecule has 6 heteroatoms. The largest absolute Gasteiger partial charge is 0.376 e. The summed E-state index contributed by atoms with van der Waals surface area (Å²) in [5, 5.41) is 0. The molecule has 1 saturated heterocycles. The fourth-order valence-corrected chi connectivity index (χ4v) is 3.74. The van der Waals surface area contributed by atoms with Gasteiger partial charge in [0.05, 0.1) is 25.0 Å². The minimum absolute atomic E-state index is 0.141. The Morgan fingerprint density at radius 2 is 2.14 bits per heavy atom. The van der Waals surface area contributed by atoms with Crippen LogP contribution in [0.4, 0.5) is 4.39 Å². The van der Waals surface area contributed by atoms with Crippen molar-refractivity contribution in [2.45, 2.75) is 31.9 Å². The van der Waals surface area contributed by atoms with Gasteiger partial charge in [-0.25, -0.2) is 4.39 Å². The molecule has 146 valence electrons. The van der Waals surface area contributed by atoms with Crippen LogP contribution in [-0.4, -0.2) is 54.2 Å². The van der Waals surface area contributed by atoms with Gasteiger partial charge in [0.25, 0.3) is 0 Å². The number of ether oxygens (including phenoxy) is 1. The molecule has 0 N–H and O–H groups in total. The van der Waals surface area contributed by atoms with Crippen LogP contribution in [0.25, 0.3) is 0 Å². The molecule has 28 heavy (non-hydrogen) atoms. The minimum atomic E-state index is -0.264. The summed E-state index contributed by atoms with van der Waals surface area (Å²) in [5.74, 6) is -0.0817. The highest BCUT2D eigenvalue weighted by Gasteiger charge is 2.21. The molecule has 3 heterocycles. The zero-order valence-corrected chi connectivity index (χ0v) is 16.0. The number of benzene rings is 1. The smallest absolute Gasteiger partial charge is 0.138 e. The van der Waals surface area contributed by atoms with Gasteiger partial charge in [-0.2, -0.15) is 0 Å². The number of aliphatic imine (C=N–C) groups is 1. The number of halogens is 1. The average molecular weight is 381 g/mol. The highest BCUT2D eigenvalue weighted by molar-refractivity contribution is 6.14. The number of hydrogen-bond acceptors (Lipinski definition) is 5. The van der Waals surface area contributed by atoms with Crippen LogP contribution in [0.1, 0.15) is 35.2 Å². The third-order valence-electron chi connectivity index (χ3n) is 5.29. The predicted molar refractivity (Wildman–Crippen MR) is 105 cm³/mol. The number of Topliss-reactive ketones (excluding diaryl/α,β-unsaturated/α-hetero) is 1. The molecule has 2 aliphatic rings. The summed E-state index contributed by atoms with van der Waals surface area (Å²) in [4.78, 5) is 23.7. The summed E-state index contributed by atoms with van der Waals surface area (Å²) in [6.45, 7) is 3.13. The number of hydrogen-bond donors (Lipinski definition) is 0. The van der Waals surface area contributed by atoms with Crippen LogP contribution < -0.4 is 0 Å². The molecule has 1 unspecified atom stereocenters. The highest BCUT2D eigenvalue weighted by Crippen LogP contribution is 2.23. The van der Waals surface area contributed by atoms with Crippen molar-refractivity contribution < 1.29 is 13.9 Å². The van der Waals surface area contributed by atoms with Gasteiger partial charge in [-0.3, -0.25) is 14.8 Å². The van der Waals surface area contributed by atoms with E-state index < -0.39 is 0 Å². The van der Waals surface area contributed by atoms with Gasteiger partial charge < -0.3 is 9.64 Å². The van der Waals surface area contributed by atoms with Gasteiger partial charge in [0.15, 0.2) is 0 Å². The van der Waals surface area contributed by atoms with E-state index in [1.54, 1.807) is 18.3 Å². The summed E-state index contributed by atoms with van der Waals surface area (Å²) in [5.41, 5.74) is 4.51. The van der Waals surface area contributed by atoms with Crippen molar-refractivity contribution in [2.75, 3.05) is 26.7 Å². The first-order valence-corrected chi connectivity index (χ1v) is 9.69. The molecule has 4 rings (SSSR count). The van der Waals surface area contributed by atoms with Crippen LogP contribution >= 0.6 is 0 Å². The first-order valence-electron chi connectivity index (χ1n) is 9.69. The van der Waals surface area contributed by atoms with E-state index in [-0.39, 0.29) is 17.7 Å². The topological polar surface area (TPSA) is 54.8 Å². The van der Waals surface area contributed by atoms with Gasteiger partial charge in [-0.05, 0) is 49.4 Å². The van der Waals surface area contributed by atoms with Crippen molar-refractivity contribution in [1.29, 1.82) is 0 Å². The fraction of sp³-hybridized carbons (Fsp3) is 0.409. The monoisotopic (exact) mass is 381 g/mol. The second kappa shape index (κ2) is 8.29. The van der Waals surface area contributed by atoms with Crippen LogP contribution in [0.2, 0.25) is 0 Å². The molecule has 2 aromatic rings. The number of likely N-dealkylation sites (N-methyl/N-ethyl adjacent to an activating group) is 1. The van der Waals surface area contributed by atoms with Gasteiger partial charge in [-0.15, -0.1) is 0 Å². The maximum Gasteiger partial charge on any atom is 0.138 e. The van der Waals surface area contributed by atoms with Crippen LogP contribution in [-0.2, 0) is 22.5 Å². The Morgan fingerprint density at radius 1 is 1.32 bits per heavy atom. The number of fused-ring (bicyclic) bond motifs is 1. The van der Waals surface area contributed by atoms with Crippen LogP contribution in [0.3, 0.4) is 0 Å². The normalized spacial score (nSPS) is 19.4. The molecule has 0 radical (unpaired) electrons. The highest BCUT2D eigenvalue weighted by atomic mass is 19.1. The van der Waals surface area contributed by atoms with Crippen LogP contribution in [0.5, 0.6) is 0 Å². The van der Waals surface area contributed by atoms with Gasteiger partial charge >= 0.3 is 0 Å². The standard InChI is InChI=1S/C22H24FN3O2/c1-26-8-9-28-20(14-26)7-6-19(27)11-18-10-16-12-25-22(21(16)13-24-18)15-2-4-17(23)5-3-15/h2-5,10,13,20H,6-9,11-12,14H2,1H3. The number of rotatable bonds is 6. The summed E-state index contributed by atoms with van der Waals surface area (Å²) in [6.07, 6.45) is 3.52. The zero-order valence-electron chi connectivity index (χ0n) is 16.0. The first-order chi connectivity index (χ1) is 13.6. The summed E-state index contributed by atoms with van der Waals surface area (Å²) < 4.78 is 18.9. The third kappa shape index (κ3) is 4.34. The second-order valence-electron chi connectivity index (χ2n) is 7.51. The Labute approximate surface area is 164 Å². The number of morpholine rings is 1. The Balaban J connectivity index is 1.36. The zero-order chi connectivity index (χ0) is 19.5. The molecule has 1 atom stereocenters. The Hall–Kier alpha value is -2.44. The minimum Gasteiger partial charge on any atom is -0.376 e. The number of ketones is 1. The number of pyridine rings is 1. The van der Waals surface area contributed by atoms with Crippen molar-refractivity contribution in [3.8, 4) is 0 Å². The first kappa shape index (κ1) is 18.9. The molecule has 0 saturated carbocycles. The SMILES string of the molecule is CN1CCOC(CCC(=O)Cc2cc3c(cn2)C(c2ccc(F)cc2)=NC3)C1. The van der Waals surface area contributed by atoms with Crippen molar-refractivity contribution in [1.82, 2.24) is 9.88 Å². The molecular weight excluding hydrogens is 357 g/mol. The lowest BCUT2D eigenvalue weighted by molar-refractivity contribution is -0.119. The molecule has 0 spiro atoms. The molecule has 0 bridgehead atoms. The molecule has 0 amide bonds. The van der Waals surface area contributed by atoms with E-state index in [2.05, 4.69) is 21.9 Å². The van der Waals surface area contributed by atoms with E-state index in [0.29, 0.717) is 19.4 Å². The summed E-state index contributed by atoms with van der Waals surface area (Å²) >= 11 is 0. The van der Waals surface area contributed by atoms with Crippen molar-refractivity contribution in [3.05, 3.63) is 64.7 Å². The molecule has 1 aromatic heterocycles. The van der Waals surface area contributed by atoms with Crippen molar-refractivity contribution in [3.63, 3.8) is 0 Å². The van der Waals surface area contributed by atoms with E-state index in [1.807, 2.05) is 6.07 Å². The van der Waals surface area contributed by atoms with E-state index >= 15 is 0 Å². The number of carbonyl (C=O) groups excluding carboxylic acids is 1. The molecule has 1 aromatic carbocycles. The Morgan fingerprint density at radius 3 is 2.93 bits per heavy atom. The number of nitrogens with zero attached hydrogens (tertiary/aromatic N) is 3. The number of aromatic nitrogens is 1. The van der Waals surface area contributed by atoms with Crippen LogP contribution in [0.15, 0.2) is 41.5 Å². The third-order valence-corrected chi connectivity index (χ3v) is 5.29. The number of carbonyl (C=O) groups is 1. The van der Waals surface area contributed by atoms with E-state index in [0.717, 1.165) is 54.2 Å². The van der Waals surface area contributed by atoms with Gasteiger partial charge in [-0.1, -0.05) is 0 Å². The maximum absolute atomic E-state index is 13.2. The molecule has 2 aliphatic heterocycles. The fourth-order valence-electron chi connectivity index (χ4n) is 3.74. The lowest BCUT2D eigenvalue weighted by Crippen LogP contribution is -2.40. The maximum atomic E-state index is 13.2. The van der Waals surface area contributed by atoms with Crippen molar-refractivity contribution >= 4 is 11.5 Å². The lowest BCUT2D eigenvalue weighted by Gasteiger charge is -2.29. The predicted octanol–water partition coefficient (Wildman–Crippen LogP) is 2.79. The van der Waals surface area contributed by atoms with Gasteiger partial charge in [0.1, 0.15) is 11.6 Å². The quantitative estimate of drug-likeness (QED) is 0.772. The van der Waals surface area contributed by atoms with Crippen LogP contribution in [0, 0.1) is 5.82 Å². The Kier molecular flexibility index (Phi) is 5.59. The van der Waals surface area contributed by atoms with E-state index in [1.165, 1.54) is 12.1 Å². The molecular formula is C22H24FN3O2. The van der Waals surface area contributed by atoms with E-state index in [9.17, 15) is 9.18 Å². The molecule has 5 nitrogen and oxygen atoms in total. The van der Waals surface area contributed by atoms with Gasteiger partial charge in [0.2, 0.25) is 0 Å². The average Bonchev–Trinajstić information content (AvgIpc) is 3.10. The van der Waals surface area contributed by atoms with E-state index in [4.69, 9.17) is 4.74 Å².